The van der Waals surface area contributed by atoms with Crippen molar-refractivity contribution in [1.82, 2.24) is 10.6 Å². The Morgan fingerprint density at radius 3 is 2.20 bits per heavy atom. The van der Waals surface area contributed by atoms with Crippen LogP contribution in [0.15, 0.2) is 58.5 Å². The summed E-state index contributed by atoms with van der Waals surface area (Å²) in [5.41, 5.74) is 2.05. The van der Waals surface area contributed by atoms with Crippen molar-refractivity contribution in [3.05, 3.63) is 69.7 Å². The van der Waals surface area contributed by atoms with Gasteiger partial charge in [0.15, 0.2) is 10.3 Å². The minimum absolute atomic E-state index is 0.0538. The van der Waals surface area contributed by atoms with Crippen molar-refractivity contribution in [1.29, 1.82) is 0 Å². The van der Waals surface area contributed by atoms with Crippen LogP contribution in [0.2, 0.25) is 10.0 Å². The van der Waals surface area contributed by atoms with E-state index in [1.54, 1.807) is 18.2 Å². The third-order valence-electron chi connectivity index (χ3n) is 7.78. The fraction of sp³-hybridized carbons (Fsp3) is 0.455. The van der Waals surface area contributed by atoms with Gasteiger partial charge in [-0.25, -0.2) is 9.59 Å². The van der Waals surface area contributed by atoms with Gasteiger partial charge in [-0.05, 0) is 76.1 Å². The molecule has 3 atom stereocenters. The van der Waals surface area contributed by atoms with E-state index in [0.29, 0.717) is 10.8 Å². The Morgan fingerprint density at radius 2 is 1.63 bits per heavy atom. The first kappa shape index (κ1) is 34.5. The number of carbonyl (C=O) groups excluding carboxylic acids is 2. The van der Waals surface area contributed by atoms with Crippen molar-refractivity contribution in [3.63, 3.8) is 0 Å². The Bertz CT molecular complexity index is 1540. The summed E-state index contributed by atoms with van der Waals surface area (Å²) in [7, 11) is 1.39. The lowest BCUT2D eigenvalue weighted by atomic mass is 9.79. The Kier molecular flexibility index (Phi) is 10.9. The first-order chi connectivity index (χ1) is 21.8. The van der Waals surface area contributed by atoms with E-state index in [0.717, 1.165) is 54.2 Å². The standard InChI is InChI=1S/C21H17Cl2NO4.C12H22N4S2/c1-27-21(26)19-14-4-2-3-13(14)16-10-12(6-8-18(16)24-19)28-20(25)15-7-5-11(22)9-17(15)23;1-11(2)7-15-9(17-11)13-5-6-14-10-16-8-12(3,4)18-10/h2-3,5-10,13-14,19,24H,4H2,1H3;5-8H2,1-4H3,(H,13,15)(H,14,16). The molecule has 9 nitrogen and oxygen atoms in total. The molecule has 0 saturated heterocycles. The molecule has 0 amide bonds. The average molecular weight is 705 g/mol. The van der Waals surface area contributed by atoms with Crippen molar-refractivity contribution in [2.24, 2.45) is 15.9 Å². The number of methoxy groups -OCH3 is 1. The average Bonchev–Trinajstić information content (AvgIpc) is 3.72. The maximum atomic E-state index is 12.5. The van der Waals surface area contributed by atoms with Crippen LogP contribution in [0.1, 0.15) is 56.0 Å². The Labute approximate surface area is 288 Å². The third-order valence-corrected chi connectivity index (χ3v) is 10.6. The van der Waals surface area contributed by atoms with Crippen LogP contribution in [-0.4, -0.2) is 71.1 Å². The van der Waals surface area contributed by atoms with Gasteiger partial charge in [-0.15, -0.1) is 0 Å². The van der Waals surface area contributed by atoms with Crippen LogP contribution in [-0.2, 0) is 9.53 Å². The molecule has 3 aliphatic heterocycles. The molecule has 13 heteroatoms. The lowest BCUT2D eigenvalue weighted by Crippen LogP contribution is -2.42. The fourth-order valence-corrected chi connectivity index (χ4v) is 7.91. The number of esters is 2. The minimum Gasteiger partial charge on any atom is -0.467 e. The number of rotatable bonds is 6. The molecule has 3 unspecified atom stereocenters. The van der Waals surface area contributed by atoms with Crippen molar-refractivity contribution in [2.75, 3.05) is 38.6 Å². The number of thioether (sulfide) groups is 2. The van der Waals surface area contributed by atoms with E-state index >= 15 is 0 Å². The lowest BCUT2D eigenvalue weighted by Gasteiger charge is -2.35. The van der Waals surface area contributed by atoms with Crippen molar-refractivity contribution in [2.45, 2.75) is 55.6 Å². The van der Waals surface area contributed by atoms with Gasteiger partial charge >= 0.3 is 11.9 Å². The topological polar surface area (TPSA) is 113 Å². The second kappa shape index (κ2) is 14.5. The number of anilines is 1. The molecule has 2 aromatic rings. The molecule has 3 N–H and O–H groups in total. The predicted octanol–water partition coefficient (Wildman–Crippen LogP) is 6.77. The van der Waals surface area contributed by atoms with Crippen LogP contribution in [0.3, 0.4) is 0 Å². The van der Waals surface area contributed by atoms with Crippen molar-refractivity contribution < 1.29 is 19.1 Å². The molecular formula is C33H39Cl2N5O4S2. The molecule has 0 saturated carbocycles. The summed E-state index contributed by atoms with van der Waals surface area (Å²) in [6.07, 6.45) is 4.93. The summed E-state index contributed by atoms with van der Waals surface area (Å²) in [6, 6.07) is 9.52. The quantitative estimate of drug-likeness (QED) is 0.130. The van der Waals surface area contributed by atoms with Gasteiger partial charge in [0.05, 0.1) is 30.8 Å². The smallest absolute Gasteiger partial charge is 0.345 e. The monoisotopic (exact) mass is 703 g/mol. The van der Waals surface area contributed by atoms with E-state index in [1.165, 1.54) is 19.2 Å². The molecule has 0 radical (unpaired) electrons. The molecule has 0 fully saturated rings. The van der Waals surface area contributed by atoms with Crippen LogP contribution < -0.4 is 20.7 Å². The number of hydrogen-bond acceptors (Lipinski definition) is 11. The summed E-state index contributed by atoms with van der Waals surface area (Å²) in [4.78, 5) is 33.6. The van der Waals surface area contributed by atoms with Crippen LogP contribution in [0, 0.1) is 5.92 Å². The first-order valence-electron chi connectivity index (χ1n) is 15.1. The number of allylic oxidation sites excluding steroid dienone is 2. The molecule has 246 valence electrons. The van der Waals surface area contributed by atoms with E-state index < -0.39 is 12.0 Å². The maximum absolute atomic E-state index is 12.5. The lowest BCUT2D eigenvalue weighted by molar-refractivity contribution is -0.143. The number of fused-ring (bicyclic) bond motifs is 3. The molecule has 3 heterocycles. The summed E-state index contributed by atoms with van der Waals surface area (Å²) < 4.78 is 11.0. The van der Waals surface area contributed by atoms with Gasteiger partial charge in [0, 0.05) is 45.1 Å². The number of aliphatic imine (C=N–C) groups is 2. The molecule has 4 aliphatic rings. The van der Waals surface area contributed by atoms with Crippen molar-refractivity contribution in [3.8, 4) is 5.75 Å². The number of ether oxygens (including phenoxy) is 2. The number of nitrogens with one attached hydrogen (secondary N) is 3. The summed E-state index contributed by atoms with van der Waals surface area (Å²) in [5, 5.41) is 12.8. The predicted molar refractivity (Wildman–Crippen MR) is 191 cm³/mol. The molecule has 0 bridgehead atoms. The highest BCUT2D eigenvalue weighted by molar-refractivity contribution is 8.15. The van der Waals surface area contributed by atoms with Gasteiger partial charge < -0.3 is 25.4 Å². The number of carbonyl (C=O) groups is 2. The SMILES string of the molecule is CC1(C)CN=C(NCCNC2=NCC(C)(C)S2)S1.COC(=O)C1Nc2ccc(OC(=O)c3ccc(Cl)cc3Cl)cc2C2C=CCC12. The zero-order valence-corrected chi connectivity index (χ0v) is 29.6. The highest BCUT2D eigenvalue weighted by Crippen LogP contribution is 2.46. The molecule has 0 aromatic heterocycles. The maximum Gasteiger partial charge on any atom is 0.345 e. The minimum atomic E-state index is -0.559. The molecule has 0 spiro atoms. The second-order valence-corrected chi connectivity index (χ2v) is 16.8. The number of nitrogens with zero attached hydrogens (tertiary/aromatic N) is 2. The first-order valence-corrected chi connectivity index (χ1v) is 17.5. The van der Waals surface area contributed by atoms with Crippen LogP contribution >= 0.6 is 46.7 Å². The Morgan fingerprint density at radius 1 is 0.978 bits per heavy atom. The zero-order valence-electron chi connectivity index (χ0n) is 26.5. The van der Waals surface area contributed by atoms with Crippen LogP contribution in [0.5, 0.6) is 5.75 Å². The highest BCUT2D eigenvalue weighted by atomic mass is 35.5. The van der Waals surface area contributed by atoms with E-state index in [9.17, 15) is 9.59 Å². The fourth-order valence-electron chi connectivity index (χ4n) is 5.51. The zero-order chi connectivity index (χ0) is 33.1. The number of amidine groups is 2. The largest absolute Gasteiger partial charge is 0.467 e. The van der Waals surface area contributed by atoms with Gasteiger partial charge in [-0.2, -0.15) is 0 Å². The van der Waals surface area contributed by atoms with Crippen LogP contribution in [0.25, 0.3) is 0 Å². The molecule has 46 heavy (non-hydrogen) atoms. The van der Waals surface area contributed by atoms with Crippen molar-refractivity contribution >= 4 is 74.7 Å². The highest BCUT2D eigenvalue weighted by Gasteiger charge is 2.41. The van der Waals surface area contributed by atoms with Crippen LogP contribution in [0.4, 0.5) is 5.69 Å². The summed E-state index contributed by atoms with van der Waals surface area (Å²) in [5.74, 6) is -0.310. The Hall–Kier alpha value is -2.86. The second-order valence-electron chi connectivity index (χ2n) is 12.6. The summed E-state index contributed by atoms with van der Waals surface area (Å²) in [6.45, 7) is 12.5. The molecule has 1 aliphatic carbocycles. The Balaban J connectivity index is 0.000000200. The van der Waals surface area contributed by atoms with Gasteiger partial charge in [-0.3, -0.25) is 9.98 Å². The normalized spacial score (nSPS) is 23.1. The molecular weight excluding hydrogens is 665 g/mol. The van der Waals surface area contributed by atoms with Gasteiger partial charge in [0.1, 0.15) is 11.8 Å². The number of halogens is 2. The third kappa shape index (κ3) is 8.53. The van der Waals surface area contributed by atoms with Gasteiger partial charge in [0.2, 0.25) is 0 Å². The van der Waals surface area contributed by atoms with E-state index in [4.69, 9.17) is 32.7 Å². The van der Waals surface area contributed by atoms with E-state index in [2.05, 4.69) is 65.8 Å². The molecule has 2 aromatic carbocycles. The van der Waals surface area contributed by atoms with E-state index in [-0.39, 0.29) is 37.9 Å². The van der Waals surface area contributed by atoms with Gasteiger partial charge in [0.25, 0.3) is 0 Å². The van der Waals surface area contributed by atoms with E-state index in [1.807, 2.05) is 29.6 Å². The molecule has 6 rings (SSSR count). The number of benzene rings is 2. The van der Waals surface area contributed by atoms with Gasteiger partial charge in [-0.1, -0.05) is 58.9 Å². The number of hydrogen-bond donors (Lipinski definition) is 3. The summed E-state index contributed by atoms with van der Waals surface area (Å²) >= 11 is 15.6.